The molecule has 3 rings (SSSR count). The van der Waals surface area contributed by atoms with Crippen molar-refractivity contribution in [3.8, 4) is 0 Å². The number of hydrogen-bond donors (Lipinski definition) is 2. The molecular weight excluding hydrogens is 386 g/mol. The van der Waals surface area contributed by atoms with E-state index < -0.39 is 21.8 Å². The first-order chi connectivity index (χ1) is 13.0. The maximum Gasteiger partial charge on any atom is 0.279 e. The molecule has 0 aliphatic carbocycles. The zero-order valence-corrected chi connectivity index (χ0v) is 16.3. The fourth-order valence-electron chi connectivity index (χ4n) is 2.86. The molecular formula is C18H21N3O4S2. The van der Waals surface area contributed by atoms with Crippen molar-refractivity contribution in [1.29, 1.82) is 0 Å². The Morgan fingerprint density at radius 3 is 2.11 bits per heavy atom. The van der Waals surface area contributed by atoms with Crippen LogP contribution in [0.4, 0.5) is 0 Å². The highest BCUT2D eigenvalue weighted by Gasteiger charge is 2.25. The van der Waals surface area contributed by atoms with Gasteiger partial charge in [0.05, 0.1) is 9.77 Å². The van der Waals surface area contributed by atoms with E-state index in [1.807, 2.05) is 0 Å². The molecule has 0 atom stereocenters. The summed E-state index contributed by atoms with van der Waals surface area (Å²) < 4.78 is 27.0. The molecule has 1 fully saturated rings. The molecule has 1 aliphatic heterocycles. The van der Waals surface area contributed by atoms with Gasteiger partial charge in [-0.2, -0.15) is 4.31 Å². The molecule has 7 nitrogen and oxygen atoms in total. The van der Waals surface area contributed by atoms with Crippen molar-refractivity contribution in [3.05, 3.63) is 52.2 Å². The van der Waals surface area contributed by atoms with E-state index in [0.717, 1.165) is 25.7 Å². The first-order valence-corrected chi connectivity index (χ1v) is 11.0. The van der Waals surface area contributed by atoms with E-state index in [1.54, 1.807) is 17.5 Å². The van der Waals surface area contributed by atoms with Gasteiger partial charge in [-0.05, 0) is 48.6 Å². The Morgan fingerprint density at radius 1 is 0.889 bits per heavy atom. The molecule has 1 aromatic heterocycles. The van der Waals surface area contributed by atoms with E-state index in [2.05, 4.69) is 10.9 Å². The summed E-state index contributed by atoms with van der Waals surface area (Å²) in [6.45, 7) is 1.05. The molecule has 2 heterocycles. The molecule has 2 amide bonds. The third-order valence-corrected chi connectivity index (χ3v) is 7.14. The van der Waals surface area contributed by atoms with Crippen LogP contribution in [0.25, 0.3) is 0 Å². The summed E-state index contributed by atoms with van der Waals surface area (Å²) >= 11 is 1.26. The van der Waals surface area contributed by atoms with Gasteiger partial charge in [-0.15, -0.1) is 11.3 Å². The average molecular weight is 408 g/mol. The van der Waals surface area contributed by atoms with Gasteiger partial charge in [-0.25, -0.2) is 8.42 Å². The summed E-state index contributed by atoms with van der Waals surface area (Å²) in [5, 5.41) is 1.76. The highest BCUT2D eigenvalue weighted by atomic mass is 32.2. The topological polar surface area (TPSA) is 95.6 Å². The van der Waals surface area contributed by atoms with Crippen molar-refractivity contribution in [2.75, 3.05) is 13.1 Å². The van der Waals surface area contributed by atoms with Crippen LogP contribution in [0.2, 0.25) is 0 Å². The molecule has 2 N–H and O–H groups in total. The lowest BCUT2D eigenvalue weighted by molar-refractivity contribution is 0.0849. The third-order valence-electron chi connectivity index (χ3n) is 4.35. The first-order valence-electron chi connectivity index (χ1n) is 8.73. The lowest BCUT2D eigenvalue weighted by Gasteiger charge is -2.20. The van der Waals surface area contributed by atoms with E-state index in [9.17, 15) is 18.0 Å². The van der Waals surface area contributed by atoms with Gasteiger partial charge in [0, 0.05) is 18.7 Å². The molecule has 0 bridgehead atoms. The van der Waals surface area contributed by atoms with Crippen LogP contribution in [0.1, 0.15) is 45.7 Å². The Balaban J connectivity index is 1.63. The molecule has 0 saturated carbocycles. The van der Waals surface area contributed by atoms with Gasteiger partial charge in [0.25, 0.3) is 11.8 Å². The minimum atomic E-state index is -3.55. The zero-order valence-electron chi connectivity index (χ0n) is 14.7. The number of hydrazine groups is 1. The number of carbonyl (C=O) groups excluding carboxylic acids is 2. The van der Waals surface area contributed by atoms with E-state index >= 15 is 0 Å². The summed E-state index contributed by atoms with van der Waals surface area (Å²) in [5.74, 6) is -0.919. The van der Waals surface area contributed by atoms with E-state index in [1.165, 1.54) is 39.9 Å². The molecule has 144 valence electrons. The predicted octanol–water partition coefficient (Wildman–Crippen LogP) is 2.39. The van der Waals surface area contributed by atoms with Crippen LogP contribution < -0.4 is 10.9 Å². The van der Waals surface area contributed by atoms with Crippen LogP contribution in [-0.2, 0) is 10.0 Å². The largest absolute Gasteiger partial charge is 0.279 e. The van der Waals surface area contributed by atoms with Crippen molar-refractivity contribution in [1.82, 2.24) is 15.2 Å². The smallest absolute Gasteiger partial charge is 0.267 e. The Kier molecular flexibility index (Phi) is 6.25. The second kappa shape index (κ2) is 8.64. The van der Waals surface area contributed by atoms with Crippen LogP contribution in [-0.4, -0.2) is 37.6 Å². The highest BCUT2D eigenvalue weighted by molar-refractivity contribution is 7.89. The van der Waals surface area contributed by atoms with Gasteiger partial charge in [0.1, 0.15) is 0 Å². The van der Waals surface area contributed by atoms with Gasteiger partial charge in [-0.3, -0.25) is 20.4 Å². The maximum absolute atomic E-state index is 12.7. The number of thiophene rings is 1. The lowest BCUT2D eigenvalue weighted by atomic mass is 10.2. The Labute approximate surface area is 162 Å². The predicted molar refractivity (Wildman–Crippen MR) is 103 cm³/mol. The fourth-order valence-corrected chi connectivity index (χ4v) is 5.00. The average Bonchev–Trinajstić information content (AvgIpc) is 3.07. The monoisotopic (exact) mass is 407 g/mol. The van der Waals surface area contributed by atoms with Gasteiger partial charge in [0.2, 0.25) is 10.0 Å². The summed E-state index contributed by atoms with van der Waals surface area (Å²) in [7, 11) is -3.55. The lowest BCUT2D eigenvalue weighted by Crippen LogP contribution is -2.41. The van der Waals surface area contributed by atoms with Gasteiger partial charge < -0.3 is 0 Å². The zero-order chi connectivity index (χ0) is 19.3. The molecule has 27 heavy (non-hydrogen) atoms. The molecule has 0 radical (unpaired) electrons. The molecule has 9 heteroatoms. The van der Waals surface area contributed by atoms with Crippen LogP contribution >= 0.6 is 11.3 Å². The highest BCUT2D eigenvalue weighted by Crippen LogP contribution is 2.20. The SMILES string of the molecule is O=C(NNC(=O)c1cccs1)c1ccc(S(=O)(=O)N2CCCCCC2)cc1. The van der Waals surface area contributed by atoms with Crippen LogP contribution in [0.15, 0.2) is 46.7 Å². The first kappa shape index (κ1) is 19.5. The molecule has 1 aromatic carbocycles. The number of amides is 2. The minimum absolute atomic E-state index is 0.170. The second-order valence-electron chi connectivity index (χ2n) is 6.23. The molecule has 0 spiro atoms. The molecule has 1 aliphatic rings. The summed E-state index contributed by atoms with van der Waals surface area (Å²) in [5.41, 5.74) is 4.92. The number of hydrogen-bond acceptors (Lipinski definition) is 5. The standard InChI is InChI=1S/C18H21N3O4S2/c22-17(19-20-18(23)16-6-5-13-26-16)14-7-9-15(10-8-14)27(24,25)21-11-3-1-2-4-12-21/h5-10,13H,1-4,11-12H2,(H,19,22)(H,20,23). The van der Waals surface area contributed by atoms with Crippen molar-refractivity contribution in [2.24, 2.45) is 0 Å². The number of rotatable bonds is 4. The molecule has 0 unspecified atom stereocenters. The number of nitrogens with zero attached hydrogens (tertiary/aromatic N) is 1. The van der Waals surface area contributed by atoms with E-state index in [-0.39, 0.29) is 10.5 Å². The Hall–Kier alpha value is -2.23. The van der Waals surface area contributed by atoms with E-state index in [4.69, 9.17) is 0 Å². The Morgan fingerprint density at radius 2 is 1.52 bits per heavy atom. The van der Waals surface area contributed by atoms with Crippen LogP contribution in [0.5, 0.6) is 0 Å². The fraction of sp³-hybridized carbons (Fsp3) is 0.333. The maximum atomic E-state index is 12.7. The van der Waals surface area contributed by atoms with Gasteiger partial charge >= 0.3 is 0 Å². The quantitative estimate of drug-likeness (QED) is 0.761. The van der Waals surface area contributed by atoms with E-state index in [0.29, 0.717) is 18.0 Å². The second-order valence-corrected chi connectivity index (χ2v) is 9.11. The number of nitrogens with one attached hydrogen (secondary N) is 2. The number of sulfonamides is 1. The van der Waals surface area contributed by atoms with Crippen LogP contribution in [0.3, 0.4) is 0 Å². The van der Waals surface area contributed by atoms with Crippen molar-refractivity contribution in [3.63, 3.8) is 0 Å². The normalized spacial score (nSPS) is 15.7. The van der Waals surface area contributed by atoms with Gasteiger partial charge in [0.15, 0.2) is 0 Å². The van der Waals surface area contributed by atoms with Gasteiger partial charge in [-0.1, -0.05) is 18.9 Å². The number of carbonyl (C=O) groups is 2. The molecule has 2 aromatic rings. The summed E-state index contributed by atoms with van der Waals surface area (Å²) in [6, 6.07) is 9.13. The molecule has 1 saturated heterocycles. The minimum Gasteiger partial charge on any atom is -0.267 e. The van der Waals surface area contributed by atoms with Crippen molar-refractivity contribution in [2.45, 2.75) is 30.6 Å². The van der Waals surface area contributed by atoms with Crippen molar-refractivity contribution < 1.29 is 18.0 Å². The summed E-state index contributed by atoms with van der Waals surface area (Å²) in [4.78, 5) is 24.6. The van der Waals surface area contributed by atoms with Crippen molar-refractivity contribution >= 4 is 33.2 Å². The Bertz CT molecular complexity index is 885. The van der Waals surface area contributed by atoms with Crippen LogP contribution in [0, 0.1) is 0 Å². The summed E-state index contributed by atoms with van der Waals surface area (Å²) in [6.07, 6.45) is 3.82. The number of benzene rings is 1. The third kappa shape index (κ3) is 4.74.